The molecule has 22 heavy (non-hydrogen) atoms. The Morgan fingerprint density at radius 2 is 2.05 bits per heavy atom. The van der Waals surface area contributed by atoms with Gasteiger partial charge in [0.25, 0.3) is 5.91 Å². The molecule has 1 aliphatic heterocycles. The lowest BCUT2D eigenvalue weighted by Gasteiger charge is -2.30. The van der Waals surface area contributed by atoms with E-state index in [1.165, 1.54) is 0 Å². The molecule has 0 saturated carbocycles. The van der Waals surface area contributed by atoms with Crippen LogP contribution >= 0.6 is 0 Å². The van der Waals surface area contributed by atoms with E-state index in [0.717, 1.165) is 31.9 Å². The number of carbonyl (C=O) groups is 1. The summed E-state index contributed by atoms with van der Waals surface area (Å²) in [5.74, 6) is 1.12. The molecule has 1 fully saturated rings. The Kier molecular flexibility index (Phi) is 4.48. The number of hydrogen-bond donors (Lipinski definition) is 1. The van der Waals surface area contributed by atoms with Crippen molar-refractivity contribution in [3.05, 3.63) is 48.3 Å². The van der Waals surface area contributed by atoms with Crippen LogP contribution in [-0.4, -0.2) is 33.7 Å². The molecule has 0 radical (unpaired) electrons. The first kappa shape index (κ1) is 14.7. The average molecular weight is 300 g/mol. The Hall–Kier alpha value is -2.21. The molecule has 0 aliphatic carbocycles. The maximum Gasteiger partial charge on any atom is 0.251 e. The summed E-state index contributed by atoms with van der Waals surface area (Å²) >= 11 is 0. The summed E-state index contributed by atoms with van der Waals surface area (Å²) in [4.78, 5) is 20.9. The second-order valence-electron chi connectivity index (χ2n) is 5.53. The molecule has 1 aliphatic rings. The van der Waals surface area contributed by atoms with Crippen molar-refractivity contribution < 1.29 is 9.53 Å². The van der Waals surface area contributed by atoms with Gasteiger partial charge >= 0.3 is 0 Å². The number of amides is 1. The second kappa shape index (κ2) is 6.70. The van der Waals surface area contributed by atoms with Crippen molar-refractivity contribution in [1.82, 2.24) is 19.9 Å². The molecular formula is C16H20N4O2. The Bertz CT molecular complexity index is 620. The van der Waals surface area contributed by atoms with Gasteiger partial charge in [0.05, 0.1) is 6.04 Å². The van der Waals surface area contributed by atoms with E-state index >= 15 is 0 Å². The fourth-order valence-electron chi connectivity index (χ4n) is 2.85. The Morgan fingerprint density at radius 3 is 2.68 bits per heavy atom. The van der Waals surface area contributed by atoms with Crippen LogP contribution in [0.1, 0.15) is 35.1 Å². The number of ether oxygens (including phenoxy) is 1. The van der Waals surface area contributed by atoms with E-state index in [0.29, 0.717) is 11.5 Å². The van der Waals surface area contributed by atoms with Gasteiger partial charge in [-0.25, -0.2) is 4.98 Å². The third kappa shape index (κ3) is 3.17. The topological polar surface area (TPSA) is 69.0 Å². The number of nitrogens with zero attached hydrogens (tertiary/aromatic N) is 3. The van der Waals surface area contributed by atoms with Gasteiger partial charge in [-0.15, -0.1) is 0 Å². The minimum Gasteiger partial charge on any atom is -0.381 e. The van der Waals surface area contributed by atoms with Crippen LogP contribution in [0, 0.1) is 5.92 Å². The standard InChI is InChI=1S/C16H20N4O2/c1-20-9-8-18-15(20)14(12-4-10-22-11-5-12)19-16(21)13-2-6-17-7-3-13/h2-3,6-9,12,14H,4-5,10-11H2,1H3,(H,19,21)/t14-/m0/s1. The highest BCUT2D eigenvalue weighted by Crippen LogP contribution is 2.29. The number of aromatic nitrogens is 3. The molecule has 6 nitrogen and oxygen atoms in total. The Balaban J connectivity index is 1.82. The molecular weight excluding hydrogens is 280 g/mol. The van der Waals surface area contributed by atoms with Gasteiger partial charge in [-0.05, 0) is 30.9 Å². The predicted molar refractivity (Wildman–Crippen MR) is 81.2 cm³/mol. The molecule has 116 valence electrons. The zero-order valence-electron chi connectivity index (χ0n) is 12.6. The van der Waals surface area contributed by atoms with Gasteiger partial charge in [0, 0.05) is 50.6 Å². The van der Waals surface area contributed by atoms with Crippen LogP contribution in [0.5, 0.6) is 0 Å². The highest BCUT2D eigenvalue weighted by atomic mass is 16.5. The van der Waals surface area contributed by atoms with Crippen LogP contribution in [0.25, 0.3) is 0 Å². The van der Waals surface area contributed by atoms with Crippen LogP contribution < -0.4 is 5.32 Å². The van der Waals surface area contributed by atoms with Gasteiger partial charge in [-0.3, -0.25) is 9.78 Å². The molecule has 6 heteroatoms. The van der Waals surface area contributed by atoms with Crippen molar-refractivity contribution in [2.75, 3.05) is 13.2 Å². The zero-order valence-corrected chi connectivity index (χ0v) is 12.6. The molecule has 0 bridgehead atoms. The molecule has 1 atom stereocenters. The van der Waals surface area contributed by atoms with Crippen molar-refractivity contribution >= 4 is 5.91 Å². The number of pyridine rings is 1. The summed E-state index contributed by atoms with van der Waals surface area (Å²) in [5.41, 5.74) is 0.612. The third-order valence-electron chi connectivity index (χ3n) is 4.10. The van der Waals surface area contributed by atoms with Crippen LogP contribution in [0.15, 0.2) is 36.9 Å². The summed E-state index contributed by atoms with van der Waals surface area (Å²) in [6, 6.07) is 3.33. The number of carbonyl (C=O) groups excluding carboxylic acids is 1. The monoisotopic (exact) mass is 300 g/mol. The largest absolute Gasteiger partial charge is 0.381 e. The minimum atomic E-state index is -0.107. The molecule has 2 aromatic heterocycles. The van der Waals surface area contributed by atoms with E-state index in [9.17, 15) is 4.79 Å². The normalized spacial score (nSPS) is 17.1. The SMILES string of the molecule is Cn1ccnc1[C@@H](NC(=O)c1ccncc1)C1CCOCC1. The summed E-state index contributed by atoms with van der Waals surface area (Å²) in [5, 5.41) is 3.14. The van der Waals surface area contributed by atoms with Crippen LogP contribution in [0.4, 0.5) is 0 Å². The first-order valence-electron chi connectivity index (χ1n) is 7.51. The van der Waals surface area contributed by atoms with E-state index in [2.05, 4.69) is 15.3 Å². The van der Waals surface area contributed by atoms with Crippen LogP contribution in [-0.2, 0) is 11.8 Å². The number of aryl methyl sites for hydroxylation is 1. The van der Waals surface area contributed by atoms with Gasteiger partial charge < -0.3 is 14.6 Å². The summed E-state index contributed by atoms with van der Waals surface area (Å²) in [6.07, 6.45) is 8.76. The molecule has 0 unspecified atom stereocenters. The Labute approximate surface area is 129 Å². The van der Waals surface area contributed by atoms with Gasteiger partial charge in [0.2, 0.25) is 0 Å². The number of hydrogen-bond acceptors (Lipinski definition) is 4. The summed E-state index contributed by atoms with van der Waals surface area (Å²) in [7, 11) is 1.95. The highest BCUT2D eigenvalue weighted by molar-refractivity contribution is 5.94. The van der Waals surface area contributed by atoms with Crippen LogP contribution in [0.3, 0.4) is 0 Å². The van der Waals surface area contributed by atoms with Crippen LogP contribution in [0.2, 0.25) is 0 Å². The number of nitrogens with one attached hydrogen (secondary N) is 1. The quantitative estimate of drug-likeness (QED) is 0.933. The minimum absolute atomic E-state index is 0.0955. The van der Waals surface area contributed by atoms with Gasteiger partial charge in [-0.1, -0.05) is 0 Å². The van der Waals surface area contributed by atoms with Gasteiger partial charge in [0.15, 0.2) is 0 Å². The van der Waals surface area contributed by atoms with E-state index in [4.69, 9.17) is 4.74 Å². The predicted octanol–water partition coefficient (Wildman–Crippen LogP) is 1.71. The van der Waals surface area contributed by atoms with Crippen molar-refractivity contribution in [3.63, 3.8) is 0 Å². The maximum absolute atomic E-state index is 12.5. The Morgan fingerprint density at radius 1 is 1.32 bits per heavy atom. The molecule has 3 heterocycles. The first-order chi connectivity index (χ1) is 10.8. The fourth-order valence-corrected chi connectivity index (χ4v) is 2.85. The lowest BCUT2D eigenvalue weighted by molar-refractivity contribution is 0.0499. The molecule has 1 N–H and O–H groups in total. The average Bonchev–Trinajstić information content (AvgIpc) is 3.00. The number of rotatable bonds is 4. The van der Waals surface area contributed by atoms with E-state index < -0.39 is 0 Å². The van der Waals surface area contributed by atoms with Gasteiger partial charge in [-0.2, -0.15) is 0 Å². The zero-order chi connectivity index (χ0) is 15.4. The molecule has 2 aromatic rings. The highest BCUT2D eigenvalue weighted by Gasteiger charge is 2.29. The summed E-state index contributed by atoms with van der Waals surface area (Å²) < 4.78 is 7.40. The maximum atomic E-state index is 12.5. The van der Waals surface area contributed by atoms with E-state index in [-0.39, 0.29) is 11.9 Å². The second-order valence-corrected chi connectivity index (χ2v) is 5.53. The lowest BCUT2D eigenvalue weighted by atomic mass is 9.91. The van der Waals surface area contributed by atoms with E-state index in [1.54, 1.807) is 30.7 Å². The van der Waals surface area contributed by atoms with Crippen molar-refractivity contribution in [1.29, 1.82) is 0 Å². The fraction of sp³-hybridized carbons (Fsp3) is 0.438. The molecule has 1 saturated heterocycles. The molecule has 0 spiro atoms. The molecule has 3 rings (SSSR count). The summed E-state index contributed by atoms with van der Waals surface area (Å²) in [6.45, 7) is 1.47. The van der Waals surface area contributed by atoms with E-state index in [1.807, 2.05) is 17.8 Å². The van der Waals surface area contributed by atoms with Crippen molar-refractivity contribution in [3.8, 4) is 0 Å². The van der Waals surface area contributed by atoms with Crippen molar-refractivity contribution in [2.24, 2.45) is 13.0 Å². The molecule has 0 aromatic carbocycles. The van der Waals surface area contributed by atoms with Crippen molar-refractivity contribution in [2.45, 2.75) is 18.9 Å². The lowest BCUT2D eigenvalue weighted by Crippen LogP contribution is -2.37. The first-order valence-corrected chi connectivity index (χ1v) is 7.51. The third-order valence-corrected chi connectivity index (χ3v) is 4.10. The smallest absolute Gasteiger partial charge is 0.251 e. The molecule has 1 amide bonds. The number of imidazole rings is 1. The van der Waals surface area contributed by atoms with Gasteiger partial charge in [0.1, 0.15) is 5.82 Å².